The monoisotopic (exact) mass is 520 g/mol. The van der Waals surface area contributed by atoms with Gasteiger partial charge < -0.3 is 24.6 Å². The van der Waals surface area contributed by atoms with E-state index in [2.05, 4.69) is 10.3 Å². The maximum Gasteiger partial charge on any atom is 0.410 e. The number of rotatable bonds is 7. The maximum absolute atomic E-state index is 13.4. The molecule has 37 heavy (non-hydrogen) atoms. The number of nitrogens with zero attached hydrogens (tertiary/aromatic N) is 3. The Morgan fingerprint density at radius 2 is 2.03 bits per heavy atom. The molecule has 2 aromatic rings. The first-order valence-electron chi connectivity index (χ1n) is 12.4. The van der Waals surface area contributed by atoms with Crippen molar-refractivity contribution in [3.8, 4) is 5.75 Å². The van der Waals surface area contributed by atoms with Gasteiger partial charge in [-0.1, -0.05) is 19.1 Å². The number of halogens is 1. The van der Waals surface area contributed by atoms with Crippen LogP contribution in [0.2, 0.25) is 0 Å². The van der Waals surface area contributed by atoms with Crippen LogP contribution in [0.3, 0.4) is 0 Å². The van der Waals surface area contributed by atoms with Crippen LogP contribution in [0.15, 0.2) is 29.1 Å². The molecule has 0 fully saturated rings. The van der Waals surface area contributed by atoms with Crippen molar-refractivity contribution in [2.45, 2.75) is 70.9 Å². The summed E-state index contributed by atoms with van der Waals surface area (Å²) in [5.74, 6) is -1.25. The Bertz CT molecular complexity index is 1130. The molecule has 3 N–H and O–H groups in total. The molecule has 1 amide bonds. The van der Waals surface area contributed by atoms with Crippen molar-refractivity contribution >= 4 is 6.09 Å². The fourth-order valence-electron chi connectivity index (χ4n) is 4.22. The summed E-state index contributed by atoms with van der Waals surface area (Å²) in [6.07, 6.45) is -0.865. The second-order valence-corrected chi connectivity index (χ2v) is 10.3. The van der Waals surface area contributed by atoms with Crippen LogP contribution in [-0.2, 0) is 16.0 Å². The van der Waals surface area contributed by atoms with E-state index < -0.39 is 35.1 Å². The summed E-state index contributed by atoms with van der Waals surface area (Å²) in [6.45, 7) is 8.11. The minimum absolute atomic E-state index is 0.140. The van der Waals surface area contributed by atoms with Gasteiger partial charge in [-0.25, -0.2) is 14.2 Å². The van der Waals surface area contributed by atoms with Crippen LogP contribution in [0.25, 0.3) is 0 Å². The number of nitrogens with one attached hydrogen (secondary N) is 1. The fourth-order valence-corrected chi connectivity index (χ4v) is 4.22. The summed E-state index contributed by atoms with van der Waals surface area (Å²) >= 11 is 0. The predicted molar refractivity (Wildman–Crippen MR) is 135 cm³/mol. The fraction of sp³-hybridized carbons (Fsp3) is 0.577. The Morgan fingerprint density at radius 1 is 1.35 bits per heavy atom. The van der Waals surface area contributed by atoms with Gasteiger partial charge in [0.25, 0.3) is 5.56 Å². The zero-order valence-electron chi connectivity index (χ0n) is 22.0. The van der Waals surface area contributed by atoms with Crippen LogP contribution in [0.1, 0.15) is 75.8 Å². The second kappa shape index (κ2) is 12.0. The first-order chi connectivity index (χ1) is 17.4. The Hall–Kier alpha value is -3.02. The van der Waals surface area contributed by atoms with Crippen molar-refractivity contribution in [3.63, 3.8) is 0 Å². The van der Waals surface area contributed by atoms with Crippen molar-refractivity contribution in [1.29, 1.82) is 0 Å². The largest absolute Gasteiger partial charge is 0.502 e. The standard InChI is InChI=1S/C26H37FN4O6/c1-6-19-11-12-36-15-17(14-30(5)25(35)37-26(2,3)4)22-29-20(21(32)24(34)31(19)22)23(33)28-13-16-7-9-18(27)10-8-16/h7-10,17,19,23,28,32-33H,6,11-15H2,1-5H3. The average molecular weight is 521 g/mol. The normalized spacial score (nSPS) is 18.9. The maximum atomic E-state index is 13.4. The van der Waals surface area contributed by atoms with Crippen LogP contribution in [0.4, 0.5) is 9.18 Å². The second-order valence-electron chi connectivity index (χ2n) is 10.3. The molecule has 3 unspecified atom stereocenters. The summed E-state index contributed by atoms with van der Waals surface area (Å²) in [4.78, 5) is 31.9. The molecule has 2 heterocycles. The molecule has 1 aliphatic rings. The predicted octanol–water partition coefficient (Wildman–Crippen LogP) is 3.19. The summed E-state index contributed by atoms with van der Waals surface area (Å²) < 4.78 is 26.0. The molecule has 11 heteroatoms. The minimum Gasteiger partial charge on any atom is -0.502 e. The van der Waals surface area contributed by atoms with E-state index in [4.69, 9.17) is 9.47 Å². The van der Waals surface area contributed by atoms with Crippen molar-refractivity contribution in [2.75, 3.05) is 26.8 Å². The molecule has 10 nitrogen and oxygen atoms in total. The van der Waals surface area contributed by atoms with Gasteiger partial charge in [0, 0.05) is 32.8 Å². The summed E-state index contributed by atoms with van der Waals surface area (Å²) in [7, 11) is 1.59. The Labute approximate surface area is 216 Å². The van der Waals surface area contributed by atoms with Gasteiger partial charge in [-0.05, 0) is 51.3 Å². The average Bonchev–Trinajstić information content (AvgIpc) is 2.82. The first kappa shape index (κ1) is 28.5. The van der Waals surface area contributed by atoms with Crippen LogP contribution < -0.4 is 10.9 Å². The number of fused-ring (bicyclic) bond motifs is 1. The number of aromatic nitrogens is 2. The van der Waals surface area contributed by atoms with E-state index in [0.29, 0.717) is 30.8 Å². The van der Waals surface area contributed by atoms with Gasteiger partial charge in [0.1, 0.15) is 22.9 Å². The van der Waals surface area contributed by atoms with Crippen molar-refractivity contribution in [1.82, 2.24) is 19.8 Å². The Balaban J connectivity index is 1.96. The summed E-state index contributed by atoms with van der Waals surface area (Å²) in [6, 6.07) is 5.43. The molecule has 1 aromatic heterocycles. The number of benzene rings is 1. The molecule has 0 saturated carbocycles. The van der Waals surface area contributed by atoms with E-state index in [1.807, 2.05) is 6.92 Å². The van der Waals surface area contributed by atoms with Crippen LogP contribution in [-0.4, -0.2) is 63.2 Å². The lowest BCUT2D eigenvalue weighted by molar-refractivity contribution is 0.0241. The van der Waals surface area contributed by atoms with Crippen LogP contribution >= 0.6 is 0 Å². The quantitative estimate of drug-likeness (QED) is 0.475. The SMILES string of the molecule is CCC1CCOCC(CN(C)C(=O)OC(C)(C)C)c2nc(C(O)NCc3ccc(F)cc3)c(O)c(=O)n21. The molecule has 3 rings (SSSR count). The van der Waals surface area contributed by atoms with Crippen molar-refractivity contribution < 1.29 is 28.9 Å². The molecule has 3 atom stereocenters. The zero-order valence-corrected chi connectivity index (χ0v) is 22.0. The number of carbonyl (C=O) groups excluding carboxylic acids is 1. The van der Waals surface area contributed by atoms with E-state index in [9.17, 15) is 24.2 Å². The number of amides is 1. The van der Waals surface area contributed by atoms with Crippen LogP contribution in [0.5, 0.6) is 5.75 Å². The smallest absolute Gasteiger partial charge is 0.410 e. The van der Waals surface area contributed by atoms with Gasteiger partial charge in [-0.2, -0.15) is 0 Å². The van der Waals surface area contributed by atoms with Gasteiger partial charge in [0.2, 0.25) is 5.75 Å². The third-order valence-electron chi connectivity index (χ3n) is 6.13. The lowest BCUT2D eigenvalue weighted by atomic mass is 10.0. The molecular weight excluding hydrogens is 483 g/mol. The van der Waals surface area contributed by atoms with E-state index in [1.54, 1.807) is 40.0 Å². The number of hydrogen-bond donors (Lipinski definition) is 3. The topological polar surface area (TPSA) is 126 Å². The number of aromatic hydroxyl groups is 1. The third kappa shape index (κ3) is 7.27. The number of aliphatic hydroxyl groups is 1. The molecule has 0 aliphatic carbocycles. The van der Waals surface area contributed by atoms with Crippen LogP contribution in [0, 0.1) is 5.82 Å². The minimum atomic E-state index is -1.47. The van der Waals surface area contributed by atoms with E-state index in [1.165, 1.54) is 21.6 Å². The number of likely N-dealkylation sites (N-methyl/N-ethyl adjacent to an activating group) is 1. The summed E-state index contributed by atoms with van der Waals surface area (Å²) in [5.41, 5.74) is -0.873. The zero-order chi connectivity index (χ0) is 27.3. The first-order valence-corrected chi connectivity index (χ1v) is 12.4. The van der Waals surface area contributed by atoms with Gasteiger partial charge in [-0.3, -0.25) is 14.7 Å². The number of hydrogen-bond acceptors (Lipinski definition) is 8. The highest BCUT2D eigenvalue weighted by Crippen LogP contribution is 2.29. The van der Waals surface area contributed by atoms with Crippen molar-refractivity contribution in [2.24, 2.45) is 0 Å². The highest BCUT2D eigenvalue weighted by molar-refractivity contribution is 5.67. The van der Waals surface area contributed by atoms with Gasteiger partial charge in [0.15, 0.2) is 6.23 Å². The molecule has 204 valence electrons. The Morgan fingerprint density at radius 3 is 2.65 bits per heavy atom. The van der Waals surface area contributed by atoms with E-state index in [-0.39, 0.29) is 37.2 Å². The number of aliphatic hydroxyl groups excluding tert-OH is 1. The molecule has 0 saturated heterocycles. The molecular formula is C26H37FN4O6. The van der Waals surface area contributed by atoms with Gasteiger partial charge >= 0.3 is 6.09 Å². The van der Waals surface area contributed by atoms with E-state index >= 15 is 0 Å². The highest BCUT2D eigenvalue weighted by atomic mass is 19.1. The molecule has 0 bridgehead atoms. The van der Waals surface area contributed by atoms with Gasteiger partial charge in [0.05, 0.1) is 12.5 Å². The third-order valence-corrected chi connectivity index (χ3v) is 6.13. The molecule has 0 spiro atoms. The number of ether oxygens (including phenoxy) is 2. The lowest BCUT2D eigenvalue weighted by Crippen LogP contribution is -2.41. The molecule has 1 aliphatic heterocycles. The Kier molecular flexibility index (Phi) is 9.27. The van der Waals surface area contributed by atoms with Gasteiger partial charge in [-0.15, -0.1) is 0 Å². The van der Waals surface area contributed by atoms with Crippen molar-refractivity contribution in [3.05, 3.63) is 57.5 Å². The summed E-state index contributed by atoms with van der Waals surface area (Å²) in [5, 5.41) is 24.4. The number of carbonyl (C=O) groups is 1. The molecule has 0 radical (unpaired) electrons. The molecule has 1 aromatic carbocycles. The lowest BCUT2D eigenvalue weighted by Gasteiger charge is -2.32. The van der Waals surface area contributed by atoms with E-state index in [0.717, 1.165) is 0 Å². The highest BCUT2D eigenvalue weighted by Gasteiger charge is 2.32.